The number of thiophene rings is 1. The van der Waals surface area contributed by atoms with Gasteiger partial charge in [-0.2, -0.15) is 0 Å². The van der Waals surface area contributed by atoms with Gasteiger partial charge in [0.15, 0.2) is 0 Å². The van der Waals surface area contributed by atoms with Gasteiger partial charge in [-0.25, -0.2) is 4.98 Å². The molecule has 0 spiro atoms. The van der Waals surface area contributed by atoms with Crippen molar-refractivity contribution in [2.24, 2.45) is 5.92 Å². The van der Waals surface area contributed by atoms with E-state index in [1.165, 1.54) is 16.9 Å². The summed E-state index contributed by atoms with van der Waals surface area (Å²) in [5.41, 5.74) is 1.19. The number of rotatable bonds is 7. The molecule has 2 saturated heterocycles. The quantitative estimate of drug-likeness (QED) is 0.662. The number of ether oxygens (including phenoxy) is 1. The maximum atomic E-state index is 12.7. The van der Waals surface area contributed by atoms with Crippen molar-refractivity contribution in [3.05, 3.63) is 26.6 Å². The number of aromatic nitrogens is 2. The zero-order valence-corrected chi connectivity index (χ0v) is 20.2. The highest BCUT2D eigenvalue weighted by Crippen LogP contribution is 2.34. The Morgan fingerprint density at radius 3 is 2.81 bits per heavy atom. The molecule has 2 aromatic rings. The second-order valence-corrected chi connectivity index (χ2v) is 11.2. The summed E-state index contributed by atoms with van der Waals surface area (Å²) >= 11 is 3.21. The number of nitrogens with zero attached hydrogens (tertiary/aromatic N) is 3. The van der Waals surface area contributed by atoms with Gasteiger partial charge in [0.05, 0.1) is 30.1 Å². The minimum atomic E-state index is -0.0181. The van der Waals surface area contributed by atoms with E-state index in [0.29, 0.717) is 17.3 Å². The molecule has 174 valence electrons. The van der Waals surface area contributed by atoms with E-state index >= 15 is 0 Å². The molecule has 0 saturated carbocycles. The topological polar surface area (TPSA) is 78.5 Å². The molecule has 1 N–H and O–H groups in total. The summed E-state index contributed by atoms with van der Waals surface area (Å²) in [6.07, 6.45) is 6.64. The first-order valence-corrected chi connectivity index (χ1v) is 13.8. The molecule has 1 aliphatic carbocycles. The highest BCUT2D eigenvalue weighted by atomic mass is 32.2. The van der Waals surface area contributed by atoms with Crippen molar-refractivity contribution in [1.29, 1.82) is 0 Å². The van der Waals surface area contributed by atoms with Gasteiger partial charge >= 0.3 is 0 Å². The molecule has 0 aromatic carbocycles. The predicted octanol–water partition coefficient (Wildman–Crippen LogP) is 2.67. The molecular weight excluding hydrogens is 444 g/mol. The van der Waals surface area contributed by atoms with Gasteiger partial charge in [0.2, 0.25) is 5.91 Å². The molecule has 0 unspecified atom stereocenters. The zero-order valence-electron chi connectivity index (χ0n) is 18.6. The molecule has 4 heterocycles. The van der Waals surface area contributed by atoms with Crippen LogP contribution in [0.1, 0.15) is 41.9 Å². The molecule has 2 aliphatic heterocycles. The number of morpholine rings is 1. The lowest BCUT2D eigenvalue weighted by molar-refractivity contribution is -0.129. The van der Waals surface area contributed by atoms with E-state index in [1.807, 2.05) is 4.90 Å². The molecule has 9 heteroatoms. The number of fused-ring (bicyclic) bond motifs is 3. The third kappa shape index (κ3) is 5.05. The first-order valence-electron chi connectivity index (χ1n) is 11.9. The average molecular weight is 477 g/mol. The van der Waals surface area contributed by atoms with Crippen LogP contribution in [0.25, 0.3) is 10.2 Å². The number of aromatic amines is 1. The van der Waals surface area contributed by atoms with E-state index in [9.17, 15) is 9.59 Å². The lowest BCUT2D eigenvalue weighted by Gasteiger charge is -2.34. The van der Waals surface area contributed by atoms with Crippen LogP contribution in [0.4, 0.5) is 0 Å². The fraction of sp³-hybridized carbons (Fsp3) is 0.696. The molecule has 0 bridgehead atoms. The van der Waals surface area contributed by atoms with Crippen LogP contribution in [0.2, 0.25) is 0 Å². The second-order valence-electron chi connectivity index (χ2n) is 9.11. The maximum Gasteiger partial charge on any atom is 0.259 e. The molecular formula is C23H32N4O3S2. The number of carbonyl (C=O) groups is 1. The predicted molar refractivity (Wildman–Crippen MR) is 130 cm³/mol. The average Bonchev–Trinajstić information content (AvgIpc) is 3.40. The normalized spacial score (nSPS) is 20.2. The molecule has 7 nitrogen and oxygen atoms in total. The van der Waals surface area contributed by atoms with Crippen LogP contribution in [0, 0.1) is 5.92 Å². The largest absolute Gasteiger partial charge is 0.379 e. The van der Waals surface area contributed by atoms with E-state index in [2.05, 4.69) is 14.9 Å². The number of hydrogen-bond acceptors (Lipinski definition) is 7. The van der Waals surface area contributed by atoms with Crippen molar-refractivity contribution in [3.63, 3.8) is 0 Å². The third-order valence-corrected chi connectivity index (χ3v) is 9.13. The SMILES string of the molecule is O=C(CSCc1nc2sc3c(c2c(=O)[nH]1)CCC3)N1CCC(CCN2CCOCC2)CC1. The van der Waals surface area contributed by atoms with Crippen LogP contribution in [-0.2, 0) is 28.1 Å². The first-order chi connectivity index (χ1) is 15.7. The van der Waals surface area contributed by atoms with Crippen LogP contribution in [0.3, 0.4) is 0 Å². The van der Waals surface area contributed by atoms with Crippen LogP contribution in [0.5, 0.6) is 0 Å². The summed E-state index contributed by atoms with van der Waals surface area (Å²) in [5, 5.41) is 0.795. The number of H-pyrrole nitrogens is 1. The minimum Gasteiger partial charge on any atom is -0.379 e. The molecule has 2 aromatic heterocycles. The molecule has 5 rings (SSSR count). The Labute approximate surface area is 196 Å². The fourth-order valence-corrected chi connectivity index (χ4v) is 7.17. The number of amides is 1. The number of thioether (sulfide) groups is 1. The van der Waals surface area contributed by atoms with Crippen molar-refractivity contribution in [1.82, 2.24) is 19.8 Å². The lowest BCUT2D eigenvalue weighted by Crippen LogP contribution is -2.41. The molecule has 2 fully saturated rings. The Morgan fingerprint density at radius 2 is 2.00 bits per heavy atom. The summed E-state index contributed by atoms with van der Waals surface area (Å²) in [4.78, 5) is 39.6. The van der Waals surface area contributed by atoms with Crippen molar-refractivity contribution < 1.29 is 9.53 Å². The summed E-state index contributed by atoms with van der Waals surface area (Å²) in [6.45, 7) is 6.71. The Hall–Kier alpha value is -1.42. The Balaban J connectivity index is 1.06. The number of carbonyl (C=O) groups excluding carboxylic acids is 1. The standard InChI is InChI=1S/C23H32N4O3S2/c28-20(27-8-5-16(6-9-27)4-7-26-10-12-30-13-11-26)15-31-14-19-24-22(29)21-17-2-1-3-18(17)32-23(21)25-19/h16H,1-15H2,(H,24,25,29). The van der Waals surface area contributed by atoms with Crippen molar-refractivity contribution in [2.75, 3.05) is 51.7 Å². The maximum absolute atomic E-state index is 12.7. The molecule has 3 aliphatic rings. The van der Waals surface area contributed by atoms with Gasteiger partial charge in [-0.1, -0.05) is 0 Å². The van der Waals surface area contributed by atoms with Gasteiger partial charge in [-0.3, -0.25) is 14.5 Å². The molecule has 0 atom stereocenters. The van der Waals surface area contributed by atoms with Gasteiger partial charge < -0.3 is 14.6 Å². The van der Waals surface area contributed by atoms with Gasteiger partial charge in [-0.05, 0) is 56.6 Å². The van der Waals surface area contributed by atoms with Gasteiger partial charge in [-0.15, -0.1) is 23.1 Å². The number of aryl methyl sites for hydroxylation is 2. The Morgan fingerprint density at radius 1 is 1.19 bits per heavy atom. The summed E-state index contributed by atoms with van der Waals surface area (Å²) in [7, 11) is 0. The Kier molecular flexibility index (Phi) is 7.16. The smallest absolute Gasteiger partial charge is 0.259 e. The van der Waals surface area contributed by atoms with E-state index in [1.54, 1.807) is 23.1 Å². The lowest BCUT2D eigenvalue weighted by atomic mass is 9.93. The minimum absolute atomic E-state index is 0.0181. The monoisotopic (exact) mass is 476 g/mol. The molecule has 1 amide bonds. The van der Waals surface area contributed by atoms with Crippen molar-refractivity contribution in [3.8, 4) is 0 Å². The zero-order chi connectivity index (χ0) is 21.9. The third-order valence-electron chi connectivity index (χ3n) is 7.01. The summed E-state index contributed by atoms with van der Waals surface area (Å²) in [6, 6.07) is 0. The fourth-order valence-electron chi connectivity index (χ4n) is 5.10. The van der Waals surface area contributed by atoms with Crippen LogP contribution in [0.15, 0.2) is 4.79 Å². The van der Waals surface area contributed by atoms with Crippen LogP contribution < -0.4 is 5.56 Å². The highest BCUT2D eigenvalue weighted by Gasteiger charge is 2.24. The number of piperidine rings is 1. The summed E-state index contributed by atoms with van der Waals surface area (Å²) in [5.74, 6) is 2.63. The molecule has 0 radical (unpaired) electrons. The van der Waals surface area contributed by atoms with E-state index < -0.39 is 0 Å². The van der Waals surface area contributed by atoms with Crippen molar-refractivity contribution >= 4 is 39.2 Å². The van der Waals surface area contributed by atoms with E-state index in [0.717, 1.165) is 94.2 Å². The van der Waals surface area contributed by atoms with Gasteiger partial charge in [0.25, 0.3) is 5.56 Å². The summed E-state index contributed by atoms with van der Waals surface area (Å²) < 4.78 is 5.42. The number of likely N-dealkylation sites (tertiary alicyclic amines) is 1. The van der Waals surface area contributed by atoms with E-state index in [4.69, 9.17) is 4.74 Å². The number of nitrogens with one attached hydrogen (secondary N) is 1. The van der Waals surface area contributed by atoms with Crippen LogP contribution in [-0.4, -0.2) is 77.4 Å². The van der Waals surface area contributed by atoms with Gasteiger partial charge in [0.1, 0.15) is 10.7 Å². The first kappa shape index (κ1) is 22.4. The Bertz CT molecular complexity index is 1010. The highest BCUT2D eigenvalue weighted by molar-refractivity contribution is 7.99. The number of hydrogen-bond donors (Lipinski definition) is 1. The second kappa shape index (κ2) is 10.2. The van der Waals surface area contributed by atoms with E-state index in [-0.39, 0.29) is 11.5 Å². The molecule has 32 heavy (non-hydrogen) atoms. The van der Waals surface area contributed by atoms with Gasteiger partial charge in [0, 0.05) is 31.1 Å². The van der Waals surface area contributed by atoms with Crippen LogP contribution >= 0.6 is 23.1 Å². The van der Waals surface area contributed by atoms with Crippen molar-refractivity contribution in [2.45, 2.75) is 44.3 Å².